The molecule has 0 saturated carbocycles. The number of ether oxygens (including phenoxy) is 1. The molecule has 0 radical (unpaired) electrons. The van der Waals surface area contributed by atoms with Gasteiger partial charge in [0.1, 0.15) is 0 Å². The van der Waals surface area contributed by atoms with Gasteiger partial charge in [-0.05, 0) is 23.8 Å². The molecule has 5 heteroatoms. The number of carbonyl (C=O) groups is 2. The number of hydrogen-bond donors (Lipinski definition) is 2. The summed E-state index contributed by atoms with van der Waals surface area (Å²) in [5.41, 5.74) is 1.25. The van der Waals surface area contributed by atoms with Gasteiger partial charge in [-0.3, -0.25) is 4.79 Å². The van der Waals surface area contributed by atoms with Crippen molar-refractivity contribution in [1.82, 2.24) is 5.32 Å². The highest BCUT2D eigenvalue weighted by Gasteiger charge is 2.03. The number of carboxylic acids is 1. The first-order valence-corrected chi connectivity index (χ1v) is 5.41. The highest BCUT2D eigenvalue weighted by Crippen LogP contribution is 2.06. The smallest absolute Gasteiger partial charge is 0.328 e. The molecule has 0 aliphatic rings. The molecule has 96 valence electrons. The lowest BCUT2D eigenvalue weighted by atomic mass is 10.1. The van der Waals surface area contributed by atoms with E-state index in [4.69, 9.17) is 9.84 Å². The van der Waals surface area contributed by atoms with Crippen LogP contribution in [0, 0.1) is 0 Å². The molecule has 0 spiro atoms. The molecule has 0 heterocycles. The van der Waals surface area contributed by atoms with E-state index in [0.717, 1.165) is 11.6 Å². The fourth-order valence-electron chi connectivity index (χ4n) is 1.28. The maximum absolute atomic E-state index is 11.6. The van der Waals surface area contributed by atoms with E-state index in [1.165, 1.54) is 6.08 Å². The van der Waals surface area contributed by atoms with Gasteiger partial charge in [0.05, 0.1) is 6.61 Å². The second kappa shape index (κ2) is 7.24. The molecule has 0 fully saturated rings. The van der Waals surface area contributed by atoms with E-state index in [2.05, 4.69) is 5.32 Å². The second-order valence-corrected chi connectivity index (χ2v) is 3.54. The number of nitrogens with one attached hydrogen (secondary N) is 1. The molecule has 0 atom stereocenters. The van der Waals surface area contributed by atoms with Gasteiger partial charge in [-0.25, -0.2) is 4.79 Å². The minimum atomic E-state index is -1.00. The van der Waals surface area contributed by atoms with Crippen LogP contribution in [-0.4, -0.2) is 37.2 Å². The molecule has 0 saturated heterocycles. The average Bonchev–Trinajstić information content (AvgIpc) is 2.37. The number of amides is 1. The Kier molecular flexibility index (Phi) is 5.60. The number of hydrogen-bond acceptors (Lipinski definition) is 3. The topological polar surface area (TPSA) is 75.6 Å². The summed E-state index contributed by atoms with van der Waals surface area (Å²) >= 11 is 0. The fourth-order valence-corrected chi connectivity index (χ4v) is 1.28. The number of carbonyl (C=O) groups excluding carboxylic acids is 1. The standard InChI is InChI=1S/C13H15NO4/c1-18-9-8-14-13(17)11-5-2-10(3-6-11)4-7-12(15)16/h2-7H,8-9H2,1H3,(H,14,17)(H,15,16). The average molecular weight is 249 g/mol. The van der Waals surface area contributed by atoms with Gasteiger partial charge in [-0.15, -0.1) is 0 Å². The summed E-state index contributed by atoms with van der Waals surface area (Å²) in [7, 11) is 1.57. The number of methoxy groups -OCH3 is 1. The van der Waals surface area contributed by atoms with Crippen molar-refractivity contribution in [1.29, 1.82) is 0 Å². The van der Waals surface area contributed by atoms with Gasteiger partial charge < -0.3 is 15.2 Å². The Morgan fingerprint density at radius 3 is 2.56 bits per heavy atom. The normalized spacial score (nSPS) is 10.5. The third-order valence-corrected chi connectivity index (χ3v) is 2.18. The van der Waals surface area contributed by atoms with Crippen LogP contribution in [0.1, 0.15) is 15.9 Å². The Bertz CT molecular complexity index is 437. The lowest BCUT2D eigenvalue weighted by Crippen LogP contribution is -2.26. The van der Waals surface area contributed by atoms with Crippen molar-refractivity contribution in [2.75, 3.05) is 20.3 Å². The van der Waals surface area contributed by atoms with Crippen molar-refractivity contribution in [3.05, 3.63) is 41.5 Å². The van der Waals surface area contributed by atoms with Crippen LogP contribution in [0.15, 0.2) is 30.3 Å². The Morgan fingerprint density at radius 1 is 1.33 bits per heavy atom. The Balaban J connectivity index is 2.59. The van der Waals surface area contributed by atoms with Gasteiger partial charge in [-0.1, -0.05) is 12.1 Å². The van der Waals surface area contributed by atoms with Crippen LogP contribution >= 0.6 is 0 Å². The highest BCUT2D eigenvalue weighted by molar-refractivity contribution is 5.94. The number of benzene rings is 1. The molecular formula is C13H15NO4. The van der Waals surface area contributed by atoms with Crippen molar-refractivity contribution in [3.8, 4) is 0 Å². The first-order valence-electron chi connectivity index (χ1n) is 5.41. The summed E-state index contributed by atoms with van der Waals surface area (Å²) in [6.07, 6.45) is 2.52. The van der Waals surface area contributed by atoms with Crippen molar-refractivity contribution >= 4 is 18.0 Å². The van der Waals surface area contributed by atoms with Gasteiger partial charge in [-0.2, -0.15) is 0 Å². The summed E-state index contributed by atoms with van der Waals surface area (Å²) in [6.45, 7) is 0.918. The summed E-state index contributed by atoms with van der Waals surface area (Å²) in [5, 5.41) is 11.2. The molecule has 1 aromatic rings. The lowest BCUT2D eigenvalue weighted by Gasteiger charge is -2.04. The molecule has 0 unspecified atom stereocenters. The van der Waals surface area contributed by atoms with Crippen LogP contribution in [0.3, 0.4) is 0 Å². The SMILES string of the molecule is COCCNC(=O)c1ccc(C=CC(=O)O)cc1. The molecule has 0 aliphatic carbocycles. The molecule has 18 heavy (non-hydrogen) atoms. The first-order chi connectivity index (χ1) is 8.63. The summed E-state index contributed by atoms with van der Waals surface area (Å²) in [6, 6.07) is 6.66. The van der Waals surface area contributed by atoms with Gasteiger partial charge in [0.15, 0.2) is 0 Å². The molecular weight excluding hydrogens is 234 g/mol. The quantitative estimate of drug-likeness (QED) is 0.586. The van der Waals surface area contributed by atoms with E-state index in [-0.39, 0.29) is 5.91 Å². The van der Waals surface area contributed by atoms with Crippen LogP contribution in [-0.2, 0) is 9.53 Å². The molecule has 0 bridgehead atoms. The molecule has 5 nitrogen and oxygen atoms in total. The Labute approximate surface area is 105 Å². The van der Waals surface area contributed by atoms with Crippen molar-refractivity contribution in [3.63, 3.8) is 0 Å². The fraction of sp³-hybridized carbons (Fsp3) is 0.231. The zero-order valence-electron chi connectivity index (χ0n) is 10.1. The maximum Gasteiger partial charge on any atom is 0.328 e. The predicted molar refractivity (Wildman–Crippen MR) is 67.3 cm³/mol. The predicted octanol–water partition coefficient (Wildman–Crippen LogP) is 1.16. The van der Waals surface area contributed by atoms with Crippen molar-refractivity contribution < 1.29 is 19.4 Å². The summed E-state index contributed by atoms with van der Waals surface area (Å²) in [5.74, 6) is -1.18. The van der Waals surface area contributed by atoms with Gasteiger partial charge >= 0.3 is 5.97 Å². The lowest BCUT2D eigenvalue weighted by molar-refractivity contribution is -0.131. The Morgan fingerprint density at radius 2 is 2.00 bits per heavy atom. The van der Waals surface area contributed by atoms with Crippen molar-refractivity contribution in [2.24, 2.45) is 0 Å². The zero-order valence-corrected chi connectivity index (χ0v) is 10.1. The Hall–Kier alpha value is -2.14. The van der Waals surface area contributed by atoms with E-state index in [9.17, 15) is 9.59 Å². The second-order valence-electron chi connectivity index (χ2n) is 3.54. The largest absolute Gasteiger partial charge is 0.478 e. The van der Waals surface area contributed by atoms with E-state index in [0.29, 0.717) is 18.7 Å². The monoisotopic (exact) mass is 249 g/mol. The number of carboxylic acid groups (broad SMARTS) is 1. The van der Waals surface area contributed by atoms with Gasteiger partial charge in [0.25, 0.3) is 5.91 Å². The molecule has 0 aromatic heterocycles. The van der Waals surface area contributed by atoms with E-state index in [1.807, 2.05) is 0 Å². The van der Waals surface area contributed by atoms with Gasteiger partial charge in [0.2, 0.25) is 0 Å². The van der Waals surface area contributed by atoms with E-state index >= 15 is 0 Å². The first kappa shape index (κ1) is 13.9. The van der Waals surface area contributed by atoms with Crippen LogP contribution in [0.4, 0.5) is 0 Å². The molecule has 1 rings (SSSR count). The zero-order chi connectivity index (χ0) is 13.4. The third-order valence-electron chi connectivity index (χ3n) is 2.18. The number of aliphatic carboxylic acids is 1. The van der Waals surface area contributed by atoms with Crippen LogP contribution in [0.25, 0.3) is 6.08 Å². The summed E-state index contributed by atoms with van der Waals surface area (Å²) in [4.78, 5) is 21.9. The molecule has 2 N–H and O–H groups in total. The number of rotatable bonds is 6. The molecule has 1 amide bonds. The van der Waals surface area contributed by atoms with E-state index in [1.54, 1.807) is 31.4 Å². The minimum Gasteiger partial charge on any atom is -0.478 e. The van der Waals surface area contributed by atoms with Crippen molar-refractivity contribution in [2.45, 2.75) is 0 Å². The van der Waals surface area contributed by atoms with Crippen LogP contribution in [0.2, 0.25) is 0 Å². The van der Waals surface area contributed by atoms with E-state index < -0.39 is 5.97 Å². The van der Waals surface area contributed by atoms with Crippen LogP contribution < -0.4 is 5.32 Å². The third kappa shape index (κ3) is 4.80. The maximum atomic E-state index is 11.6. The van der Waals surface area contributed by atoms with Gasteiger partial charge in [0, 0.05) is 25.3 Å². The minimum absolute atomic E-state index is 0.180. The van der Waals surface area contributed by atoms with Crippen LogP contribution in [0.5, 0.6) is 0 Å². The molecule has 0 aliphatic heterocycles. The summed E-state index contributed by atoms with van der Waals surface area (Å²) < 4.78 is 4.82. The molecule has 1 aromatic carbocycles. The highest BCUT2D eigenvalue weighted by atomic mass is 16.5.